The number of rotatable bonds is 6. The first-order valence-electron chi connectivity index (χ1n) is 6.57. The summed E-state index contributed by atoms with van der Waals surface area (Å²) in [6.07, 6.45) is 5.68. The van der Waals surface area contributed by atoms with Crippen LogP contribution in [0.3, 0.4) is 0 Å². The van der Waals surface area contributed by atoms with Gasteiger partial charge in [0, 0.05) is 0 Å². The van der Waals surface area contributed by atoms with Crippen LogP contribution in [0.15, 0.2) is 23.8 Å². The van der Waals surface area contributed by atoms with E-state index < -0.39 is 11.7 Å². The molecule has 102 valence electrons. The Morgan fingerprint density at radius 3 is 2.83 bits per heavy atom. The lowest BCUT2D eigenvalue weighted by molar-refractivity contribution is -0.105. The molecule has 0 amide bonds. The fraction of sp³-hybridized carbons (Fsp3) is 0.667. The molecule has 2 N–H and O–H groups in total. The summed E-state index contributed by atoms with van der Waals surface area (Å²) in [4.78, 5) is 10.6. The van der Waals surface area contributed by atoms with Gasteiger partial charge in [0.25, 0.3) is 0 Å². The van der Waals surface area contributed by atoms with Crippen molar-refractivity contribution in [3.63, 3.8) is 0 Å². The van der Waals surface area contributed by atoms with Crippen LogP contribution in [0.2, 0.25) is 0 Å². The zero-order valence-corrected chi connectivity index (χ0v) is 11.4. The molecule has 0 spiro atoms. The van der Waals surface area contributed by atoms with Gasteiger partial charge in [0.2, 0.25) is 0 Å². The second kappa shape index (κ2) is 6.30. The van der Waals surface area contributed by atoms with Gasteiger partial charge in [-0.3, -0.25) is 4.79 Å². The average molecular weight is 252 g/mol. The van der Waals surface area contributed by atoms with Gasteiger partial charge >= 0.3 is 0 Å². The minimum atomic E-state index is -0.790. The van der Waals surface area contributed by atoms with E-state index in [1.165, 1.54) is 0 Å². The van der Waals surface area contributed by atoms with E-state index in [0.717, 1.165) is 36.7 Å². The van der Waals surface area contributed by atoms with Crippen LogP contribution in [0.25, 0.3) is 0 Å². The number of carbonyl (C=O) groups is 1. The van der Waals surface area contributed by atoms with Gasteiger partial charge in [0.05, 0.1) is 11.7 Å². The van der Waals surface area contributed by atoms with E-state index in [1.807, 2.05) is 13.0 Å². The molecule has 1 aliphatic rings. The van der Waals surface area contributed by atoms with Crippen molar-refractivity contribution in [3.8, 4) is 0 Å². The first-order valence-corrected chi connectivity index (χ1v) is 6.57. The van der Waals surface area contributed by atoms with Crippen molar-refractivity contribution in [3.05, 3.63) is 23.8 Å². The molecule has 1 rings (SSSR count). The third-order valence-corrected chi connectivity index (χ3v) is 3.97. The van der Waals surface area contributed by atoms with Gasteiger partial charge in [-0.2, -0.15) is 0 Å². The van der Waals surface area contributed by atoms with Crippen LogP contribution in [-0.4, -0.2) is 28.2 Å². The normalized spacial score (nSPS) is 24.9. The summed E-state index contributed by atoms with van der Waals surface area (Å²) in [7, 11) is 0. The topological polar surface area (TPSA) is 57.5 Å². The van der Waals surface area contributed by atoms with Crippen molar-refractivity contribution in [2.75, 3.05) is 0 Å². The fourth-order valence-corrected chi connectivity index (χ4v) is 2.41. The van der Waals surface area contributed by atoms with E-state index in [4.69, 9.17) is 0 Å². The molecule has 3 atom stereocenters. The maximum atomic E-state index is 10.6. The molecule has 3 unspecified atom stereocenters. The molecule has 0 aromatic heterocycles. The van der Waals surface area contributed by atoms with Crippen LogP contribution in [0.1, 0.15) is 46.0 Å². The summed E-state index contributed by atoms with van der Waals surface area (Å²) in [6.45, 7) is 7.32. The molecule has 0 saturated heterocycles. The Morgan fingerprint density at radius 1 is 1.72 bits per heavy atom. The van der Waals surface area contributed by atoms with Crippen molar-refractivity contribution in [2.45, 2.75) is 57.7 Å². The molecule has 0 fully saturated rings. The Bertz CT molecular complexity index is 342. The standard InChI is InChI=1S/C15H24O3/c1-11(2)14(17)8-9-15(3,18)13-6-4-12(10-16)5-7-13/h4,10,13-14,17-18H,1,5-9H2,2-3H3. The molecule has 18 heavy (non-hydrogen) atoms. The van der Waals surface area contributed by atoms with Crippen molar-refractivity contribution < 1.29 is 15.0 Å². The highest BCUT2D eigenvalue weighted by Crippen LogP contribution is 2.34. The Hall–Kier alpha value is -0.930. The van der Waals surface area contributed by atoms with Crippen LogP contribution in [0.5, 0.6) is 0 Å². The van der Waals surface area contributed by atoms with Gasteiger partial charge in [-0.15, -0.1) is 0 Å². The Kier molecular flexibility index (Phi) is 5.29. The highest BCUT2D eigenvalue weighted by Gasteiger charge is 2.32. The van der Waals surface area contributed by atoms with E-state index in [0.29, 0.717) is 12.8 Å². The van der Waals surface area contributed by atoms with Gasteiger partial charge in [-0.05, 0) is 57.4 Å². The first-order chi connectivity index (χ1) is 8.36. The van der Waals surface area contributed by atoms with E-state index in [2.05, 4.69) is 6.58 Å². The molecule has 0 heterocycles. The van der Waals surface area contributed by atoms with E-state index in [1.54, 1.807) is 6.92 Å². The second-order valence-corrected chi connectivity index (χ2v) is 5.63. The molecule has 0 aromatic carbocycles. The monoisotopic (exact) mass is 252 g/mol. The first kappa shape index (κ1) is 15.1. The summed E-state index contributed by atoms with van der Waals surface area (Å²) >= 11 is 0. The number of aldehydes is 1. The lowest BCUT2D eigenvalue weighted by atomic mass is 9.76. The number of carbonyl (C=O) groups excluding carboxylic acids is 1. The minimum absolute atomic E-state index is 0.165. The molecular weight excluding hydrogens is 228 g/mol. The van der Waals surface area contributed by atoms with Crippen molar-refractivity contribution in [2.24, 2.45) is 5.92 Å². The number of aliphatic hydroxyl groups is 2. The lowest BCUT2D eigenvalue weighted by Gasteiger charge is -2.35. The summed E-state index contributed by atoms with van der Waals surface area (Å²) in [6, 6.07) is 0. The number of hydrogen-bond acceptors (Lipinski definition) is 3. The third-order valence-electron chi connectivity index (χ3n) is 3.97. The van der Waals surface area contributed by atoms with Gasteiger partial charge in [0.1, 0.15) is 6.29 Å². The quantitative estimate of drug-likeness (QED) is 0.563. The molecule has 1 aliphatic carbocycles. The van der Waals surface area contributed by atoms with E-state index in [-0.39, 0.29) is 5.92 Å². The minimum Gasteiger partial charge on any atom is -0.390 e. The number of hydrogen-bond donors (Lipinski definition) is 2. The largest absolute Gasteiger partial charge is 0.390 e. The Morgan fingerprint density at radius 2 is 2.39 bits per heavy atom. The fourth-order valence-electron chi connectivity index (χ4n) is 2.41. The van der Waals surface area contributed by atoms with E-state index in [9.17, 15) is 15.0 Å². The smallest absolute Gasteiger partial charge is 0.145 e. The molecule has 0 radical (unpaired) electrons. The zero-order valence-electron chi connectivity index (χ0n) is 11.4. The van der Waals surface area contributed by atoms with Crippen LogP contribution in [0, 0.1) is 5.92 Å². The second-order valence-electron chi connectivity index (χ2n) is 5.63. The maximum Gasteiger partial charge on any atom is 0.145 e. The summed E-state index contributed by atoms with van der Waals surface area (Å²) in [5.41, 5.74) is 0.781. The molecule has 0 bridgehead atoms. The molecule has 0 saturated carbocycles. The lowest BCUT2D eigenvalue weighted by Crippen LogP contribution is -2.36. The molecule has 3 heteroatoms. The Balaban J connectivity index is 2.51. The molecule has 3 nitrogen and oxygen atoms in total. The van der Waals surface area contributed by atoms with Crippen molar-refractivity contribution in [1.82, 2.24) is 0 Å². The maximum absolute atomic E-state index is 10.6. The van der Waals surface area contributed by atoms with Crippen molar-refractivity contribution >= 4 is 6.29 Å². The highest BCUT2D eigenvalue weighted by molar-refractivity contribution is 5.73. The van der Waals surface area contributed by atoms with Gasteiger partial charge < -0.3 is 10.2 Å². The number of aliphatic hydroxyl groups excluding tert-OH is 1. The van der Waals surface area contributed by atoms with Crippen LogP contribution >= 0.6 is 0 Å². The predicted molar refractivity (Wildman–Crippen MR) is 72.2 cm³/mol. The van der Waals surface area contributed by atoms with Crippen molar-refractivity contribution in [1.29, 1.82) is 0 Å². The van der Waals surface area contributed by atoms with Crippen LogP contribution in [-0.2, 0) is 4.79 Å². The van der Waals surface area contributed by atoms with E-state index >= 15 is 0 Å². The SMILES string of the molecule is C=C(C)C(O)CCC(C)(O)C1CC=C(C=O)CC1. The average Bonchev–Trinajstić information content (AvgIpc) is 2.36. The van der Waals surface area contributed by atoms with Gasteiger partial charge in [-0.1, -0.05) is 18.2 Å². The number of allylic oxidation sites excluding steroid dienone is 2. The molecule has 0 aliphatic heterocycles. The summed E-state index contributed by atoms with van der Waals surface area (Å²) in [5, 5.41) is 20.2. The van der Waals surface area contributed by atoms with Crippen LogP contribution < -0.4 is 0 Å². The zero-order chi connectivity index (χ0) is 13.8. The van der Waals surface area contributed by atoms with Gasteiger partial charge in [-0.25, -0.2) is 0 Å². The Labute approximate surface area is 109 Å². The summed E-state index contributed by atoms with van der Waals surface area (Å²) in [5.74, 6) is 0.165. The molecular formula is C15H24O3. The highest BCUT2D eigenvalue weighted by atomic mass is 16.3. The van der Waals surface area contributed by atoms with Gasteiger partial charge in [0.15, 0.2) is 0 Å². The van der Waals surface area contributed by atoms with Crippen LogP contribution in [0.4, 0.5) is 0 Å². The third kappa shape index (κ3) is 4.07. The molecule has 0 aromatic rings. The summed E-state index contributed by atoms with van der Waals surface area (Å²) < 4.78 is 0. The predicted octanol–water partition coefficient (Wildman–Crippen LogP) is 2.38.